The second kappa shape index (κ2) is 11.7. The molecule has 2 aromatic carbocycles. The number of hydrogen-bond donors (Lipinski definition) is 1. The minimum absolute atomic E-state index is 0.0801. The fraction of sp³-hybridized carbons (Fsp3) is 0.448. The van der Waals surface area contributed by atoms with Crippen molar-refractivity contribution in [1.29, 1.82) is 0 Å². The fourth-order valence-electron chi connectivity index (χ4n) is 5.70. The lowest BCUT2D eigenvalue weighted by Gasteiger charge is -2.39. The molecule has 0 atom stereocenters. The van der Waals surface area contributed by atoms with Gasteiger partial charge in [-0.2, -0.15) is 13.2 Å². The predicted molar refractivity (Wildman–Crippen MR) is 143 cm³/mol. The van der Waals surface area contributed by atoms with Crippen LogP contribution in [0.3, 0.4) is 0 Å². The smallest absolute Gasteiger partial charge is 0.404 e. The summed E-state index contributed by atoms with van der Waals surface area (Å²) in [5.74, 6) is 0.0499. The van der Waals surface area contributed by atoms with Gasteiger partial charge in [0, 0.05) is 55.9 Å². The molecule has 1 aliphatic carbocycles. The summed E-state index contributed by atoms with van der Waals surface area (Å²) in [5, 5.41) is 3.98. The van der Waals surface area contributed by atoms with Gasteiger partial charge in [0.25, 0.3) is 0 Å². The van der Waals surface area contributed by atoms with E-state index in [4.69, 9.17) is 0 Å². The topological polar surface area (TPSA) is 57.7 Å². The maximum atomic E-state index is 13.2. The minimum Gasteiger partial charge on any atom is -0.404 e. The molecule has 1 amide bonds. The first-order chi connectivity index (χ1) is 19.5. The third-order valence-electron chi connectivity index (χ3n) is 7.87. The van der Waals surface area contributed by atoms with Crippen molar-refractivity contribution in [2.45, 2.75) is 38.2 Å². The molecule has 12 heteroatoms. The molecule has 2 fully saturated rings. The highest BCUT2D eigenvalue weighted by Crippen LogP contribution is 2.36. The van der Waals surface area contributed by atoms with Crippen LogP contribution in [0.2, 0.25) is 0 Å². The molecular formula is C29H30F6N4O2. The van der Waals surface area contributed by atoms with E-state index in [1.807, 2.05) is 0 Å². The van der Waals surface area contributed by atoms with Crippen LogP contribution in [0, 0.1) is 11.8 Å². The zero-order chi connectivity index (χ0) is 29.2. The number of anilines is 2. The van der Waals surface area contributed by atoms with E-state index in [-0.39, 0.29) is 23.1 Å². The number of para-hydroxylation sites is 2. The Morgan fingerprint density at radius 3 is 2.32 bits per heavy atom. The number of aromatic nitrogens is 1. The molecule has 41 heavy (non-hydrogen) atoms. The minimum atomic E-state index is -4.78. The third-order valence-corrected chi connectivity index (χ3v) is 7.87. The summed E-state index contributed by atoms with van der Waals surface area (Å²) in [6.07, 6.45) is -4.57. The number of nitrogens with zero attached hydrogens (tertiary/aromatic N) is 3. The molecule has 1 saturated carbocycles. The number of hydrogen-bond acceptors (Lipinski definition) is 5. The van der Waals surface area contributed by atoms with Crippen LogP contribution >= 0.6 is 0 Å². The summed E-state index contributed by atoms with van der Waals surface area (Å²) in [6, 6.07) is 11.3. The predicted octanol–water partition coefficient (Wildman–Crippen LogP) is 6.72. The number of ether oxygens (including phenoxy) is 1. The van der Waals surface area contributed by atoms with Crippen LogP contribution in [0.5, 0.6) is 5.75 Å². The number of rotatable bonds is 6. The van der Waals surface area contributed by atoms with E-state index in [2.05, 4.69) is 15.0 Å². The quantitative estimate of drug-likeness (QED) is 0.328. The average molecular weight is 581 g/mol. The van der Waals surface area contributed by atoms with Gasteiger partial charge >= 0.3 is 12.5 Å². The van der Waals surface area contributed by atoms with Crippen molar-refractivity contribution in [3.63, 3.8) is 0 Å². The van der Waals surface area contributed by atoms with Gasteiger partial charge in [-0.3, -0.25) is 9.78 Å². The lowest BCUT2D eigenvalue weighted by atomic mass is 9.81. The van der Waals surface area contributed by atoms with Crippen LogP contribution in [-0.4, -0.2) is 54.9 Å². The van der Waals surface area contributed by atoms with Gasteiger partial charge in [-0.25, -0.2) is 0 Å². The molecule has 1 N–H and O–H groups in total. The molecule has 0 radical (unpaired) electrons. The number of carbonyl (C=O) groups is 1. The highest BCUT2D eigenvalue weighted by Gasteiger charge is 2.35. The molecular weight excluding hydrogens is 550 g/mol. The number of nitrogens with one attached hydrogen (secondary N) is 1. The average Bonchev–Trinajstić information content (AvgIpc) is 2.95. The Labute approximate surface area is 233 Å². The zero-order valence-corrected chi connectivity index (χ0v) is 22.1. The van der Waals surface area contributed by atoms with E-state index >= 15 is 0 Å². The normalized spacial score (nSPS) is 20.2. The molecule has 2 heterocycles. The number of halogens is 6. The van der Waals surface area contributed by atoms with Gasteiger partial charge in [0.2, 0.25) is 5.91 Å². The Hall–Kier alpha value is -3.70. The summed E-state index contributed by atoms with van der Waals surface area (Å²) < 4.78 is 81.7. The van der Waals surface area contributed by atoms with E-state index in [1.165, 1.54) is 24.4 Å². The molecule has 0 unspecified atom stereocenters. The number of alkyl halides is 6. The first kappa shape index (κ1) is 28.8. The van der Waals surface area contributed by atoms with E-state index in [0.29, 0.717) is 49.7 Å². The molecule has 1 saturated heterocycles. The van der Waals surface area contributed by atoms with Gasteiger partial charge < -0.3 is 19.9 Å². The number of carbonyl (C=O) groups excluding carboxylic acids is 1. The molecule has 0 bridgehead atoms. The first-order valence-corrected chi connectivity index (χ1v) is 13.6. The molecule has 2 aliphatic rings. The van der Waals surface area contributed by atoms with Crippen LogP contribution in [0.25, 0.3) is 10.9 Å². The molecule has 6 nitrogen and oxygen atoms in total. The maximum Gasteiger partial charge on any atom is 0.573 e. The summed E-state index contributed by atoms with van der Waals surface area (Å²) >= 11 is 0. The Balaban J connectivity index is 1.11. The van der Waals surface area contributed by atoms with Crippen molar-refractivity contribution in [3.8, 4) is 5.75 Å². The molecule has 3 aromatic rings. The lowest BCUT2D eigenvalue weighted by molar-refractivity contribution is -0.274. The molecule has 1 aromatic heterocycles. The van der Waals surface area contributed by atoms with Crippen molar-refractivity contribution < 1.29 is 35.9 Å². The summed E-state index contributed by atoms with van der Waals surface area (Å²) in [7, 11) is 0. The van der Waals surface area contributed by atoms with Gasteiger partial charge in [-0.05, 0) is 61.9 Å². The van der Waals surface area contributed by atoms with Crippen molar-refractivity contribution in [1.82, 2.24) is 9.88 Å². The zero-order valence-electron chi connectivity index (χ0n) is 22.1. The summed E-state index contributed by atoms with van der Waals surface area (Å²) in [5.41, 5.74) is 0.615. The number of piperazine rings is 1. The monoisotopic (exact) mass is 580 g/mol. The van der Waals surface area contributed by atoms with Gasteiger partial charge in [0.1, 0.15) is 0 Å². The molecule has 5 rings (SSSR count). The summed E-state index contributed by atoms with van der Waals surface area (Å²) in [6.45, 7) is 2.30. The van der Waals surface area contributed by atoms with Crippen LogP contribution in [0.1, 0.15) is 31.2 Å². The number of benzene rings is 2. The third kappa shape index (κ3) is 6.97. The Bertz CT molecular complexity index is 1360. The van der Waals surface area contributed by atoms with Crippen LogP contribution < -0.4 is 15.0 Å². The van der Waals surface area contributed by atoms with Gasteiger partial charge in [0.05, 0.1) is 16.8 Å². The Morgan fingerprint density at radius 1 is 0.927 bits per heavy atom. The van der Waals surface area contributed by atoms with E-state index in [1.54, 1.807) is 28.0 Å². The van der Waals surface area contributed by atoms with Gasteiger partial charge in [-0.15, -0.1) is 13.2 Å². The summed E-state index contributed by atoms with van der Waals surface area (Å²) in [4.78, 5) is 20.9. The second-order valence-corrected chi connectivity index (χ2v) is 10.5. The van der Waals surface area contributed by atoms with E-state index < -0.39 is 18.1 Å². The van der Waals surface area contributed by atoms with Crippen molar-refractivity contribution in [3.05, 3.63) is 60.3 Å². The maximum absolute atomic E-state index is 13.2. The molecule has 1 aliphatic heterocycles. The second-order valence-electron chi connectivity index (χ2n) is 10.5. The fourth-order valence-corrected chi connectivity index (χ4v) is 5.70. The highest BCUT2D eigenvalue weighted by molar-refractivity contribution is 5.91. The largest absolute Gasteiger partial charge is 0.573 e. The standard InChI is InChI=1S/C29H30F6N4O2/c30-28(31,32)21-9-10-22-23(11-12-36-24(22)17-21)37-18-19-5-7-20(8-6-19)27(40)39-15-13-38(14-16-39)25-3-1-2-4-26(25)41-29(33,34)35/h1-4,9-12,17,19-20H,5-8,13-16,18H2,(H,36,37). The Kier molecular flexibility index (Phi) is 8.19. The van der Waals surface area contributed by atoms with Crippen LogP contribution in [0.4, 0.5) is 37.7 Å². The van der Waals surface area contributed by atoms with Crippen molar-refractivity contribution in [2.75, 3.05) is 42.9 Å². The molecule has 0 spiro atoms. The van der Waals surface area contributed by atoms with Crippen LogP contribution in [-0.2, 0) is 11.0 Å². The number of amides is 1. The Morgan fingerprint density at radius 2 is 1.63 bits per heavy atom. The van der Waals surface area contributed by atoms with E-state index in [9.17, 15) is 31.1 Å². The van der Waals surface area contributed by atoms with Crippen LogP contribution in [0.15, 0.2) is 54.7 Å². The van der Waals surface area contributed by atoms with Gasteiger partial charge in [0.15, 0.2) is 5.75 Å². The number of fused-ring (bicyclic) bond motifs is 1. The first-order valence-electron chi connectivity index (χ1n) is 13.6. The highest BCUT2D eigenvalue weighted by atomic mass is 19.4. The van der Waals surface area contributed by atoms with E-state index in [0.717, 1.165) is 43.5 Å². The van der Waals surface area contributed by atoms with Crippen molar-refractivity contribution >= 4 is 28.2 Å². The SMILES string of the molecule is O=C(C1CCC(CNc2ccnc3cc(C(F)(F)F)ccc23)CC1)N1CCN(c2ccccc2OC(F)(F)F)CC1. The lowest BCUT2D eigenvalue weighted by Crippen LogP contribution is -2.51. The van der Waals surface area contributed by atoms with Gasteiger partial charge in [-0.1, -0.05) is 18.2 Å². The molecule has 220 valence electrons. The number of pyridine rings is 1. The van der Waals surface area contributed by atoms with Crippen molar-refractivity contribution in [2.24, 2.45) is 11.8 Å².